The first-order valence-corrected chi connectivity index (χ1v) is 9.20. The van der Waals surface area contributed by atoms with Crippen LogP contribution < -0.4 is 14.2 Å². The van der Waals surface area contributed by atoms with Crippen molar-refractivity contribution in [2.75, 3.05) is 34.4 Å². The van der Waals surface area contributed by atoms with Gasteiger partial charge in [0.1, 0.15) is 0 Å². The van der Waals surface area contributed by atoms with E-state index in [0.29, 0.717) is 23.1 Å². The van der Waals surface area contributed by atoms with Gasteiger partial charge in [-0.25, -0.2) is 0 Å². The van der Waals surface area contributed by atoms with E-state index in [1.54, 1.807) is 21.3 Å². The summed E-state index contributed by atoms with van der Waals surface area (Å²) in [5, 5.41) is 8.51. The Kier molecular flexibility index (Phi) is 5.60. The smallest absolute Gasteiger partial charge is 0.221 e. The fourth-order valence-corrected chi connectivity index (χ4v) is 3.37. The van der Waals surface area contributed by atoms with E-state index in [2.05, 4.69) is 35.9 Å². The number of nitrogens with zero attached hydrogens (tertiary/aromatic N) is 3. The molecule has 0 radical (unpaired) electrons. The van der Waals surface area contributed by atoms with Crippen molar-refractivity contribution in [3.8, 4) is 17.2 Å². The highest BCUT2D eigenvalue weighted by molar-refractivity contribution is 5.53. The van der Waals surface area contributed by atoms with Crippen molar-refractivity contribution in [1.82, 2.24) is 15.1 Å². The molecule has 0 N–H and O–H groups in total. The third-order valence-electron chi connectivity index (χ3n) is 4.83. The van der Waals surface area contributed by atoms with Gasteiger partial charge in [0.15, 0.2) is 11.5 Å². The first kappa shape index (κ1) is 19.5. The first-order valence-electron chi connectivity index (χ1n) is 9.20. The van der Waals surface area contributed by atoms with E-state index in [-0.39, 0.29) is 11.3 Å². The van der Waals surface area contributed by atoms with Gasteiger partial charge in [-0.05, 0) is 30.7 Å². The minimum Gasteiger partial charge on any atom is -0.493 e. The van der Waals surface area contributed by atoms with Crippen LogP contribution in [0.25, 0.3) is 0 Å². The number of benzene rings is 1. The van der Waals surface area contributed by atoms with Gasteiger partial charge >= 0.3 is 0 Å². The molecule has 0 saturated carbocycles. The molecule has 27 heavy (non-hydrogen) atoms. The lowest BCUT2D eigenvalue weighted by atomic mass is 9.97. The van der Waals surface area contributed by atoms with Crippen LogP contribution in [0.1, 0.15) is 50.5 Å². The second-order valence-electron chi connectivity index (χ2n) is 7.95. The Labute approximate surface area is 160 Å². The number of rotatable bonds is 6. The molecule has 0 amide bonds. The second-order valence-corrected chi connectivity index (χ2v) is 7.95. The molecule has 1 aromatic carbocycles. The number of hydrogen-bond donors (Lipinski definition) is 0. The molecule has 1 aliphatic heterocycles. The Balaban J connectivity index is 1.70. The van der Waals surface area contributed by atoms with Gasteiger partial charge in [-0.3, -0.25) is 4.90 Å². The molecule has 7 heteroatoms. The largest absolute Gasteiger partial charge is 0.493 e. The van der Waals surface area contributed by atoms with Crippen molar-refractivity contribution in [3.05, 3.63) is 29.5 Å². The topological polar surface area (TPSA) is 69.9 Å². The maximum Gasteiger partial charge on any atom is 0.221 e. The molecule has 0 spiro atoms. The van der Waals surface area contributed by atoms with Crippen LogP contribution in [0.2, 0.25) is 0 Å². The summed E-state index contributed by atoms with van der Waals surface area (Å²) in [5.41, 5.74) is 0.991. The fourth-order valence-electron chi connectivity index (χ4n) is 3.37. The zero-order valence-corrected chi connectivity index (χ0v) is 17.0. The van der Waals surface area contributed by atoms with Crippen LogP contribution in [0, 0.1) is 0 Å². The SMILES string of the molecule is COc1cc(CN2CC[C@H](c3nnc(C(C)(C)C)o3)C2)cc(OC)c1OC. The monoisotopic (exact) mass is 375 g/mol. The minimum absolute atomic E-state index is 0.125. The van der Waals surface area contributed by atoms with E-state index in [0.717, 1.165) is 37.5 Å². The Morgan fingerprint density at radius 2 is 1.74 bits per heavy atom. The summed E-state index contributed by atoms with van der Waals surface area (Å²) in [7, 11) is 4.88. The zero-order valence-electron chi connectivity index (χ0n) is 17.0. The van der Waals surface area contributed by atoms with Crippen molar-refractivity contribution in [2.45, 2.75) is 45.1 Å². The molecule has 1 saturated heterocycles. The highest BCUT2D eigenvalue weighted by atomic mass is 16.5. The number of likely N-dealkylation sites (tertiary alicyclic amines) is 1. The molecular formula is C20H29N3O4. The zero-order chi connectivity index (χ0) is 19.6. The van der Waals surface area contributed by atoms with Gasteiger partial charge in [0.2, 0.25) is 17.5 Å². The maximum atomic E-state index is 5.93. The van der Waals surface area contributed by atoms with Crippen molar-refractivity contribution in [1.29, 1.82) is 0 Å². The second kappa shape index (κ2) is 7.76. The summed E-state index contributed by atoms with van der Waals surface area (Å²) in [6.07, 6.45) is 1.01. The molecule has 2 aromatic rings. The Hall–Kier alpha value is -2.28. The van der Waals surface area contributed by atoms with Crippen LogP contribution in [-0.4, -0.2) is 49.5 Å². The third kappa shape index (κ3) is 4.18. The van der Waals surface area contributed by atoms with Crippen LogP contribution >= 0.6 is 0 Å². The molecule has 1 aliphatic rings. The molecule has 3 rings (SSSR count). The van der Waals surface area contributed by atoms with Crippen LogP contribution in [-0.2, 0) is 12.0 Å². The lowest BCUT2D eigenvalue weighted by Gasteiger charge is -2.18. The van der Waals surface area contributed by atoms with Crippen molar-refractivity contribution in [3.63, 3.8) is 0 Å². The molecule has 1 fully saturated rings. The maximum absolute atomic E-state index is 5.93. The number of ether oxygens (including phenoxy) is 3. The van der Waals surface area contributed by atoms with Gasteiger partial charge in [-0.2, -0.15) is 0 Å². The van der Waals surface area contributed by atoms with Crippen LogP contribution in [0.4, 0.5) is 0 Å². The van der Waals surface area contributed by atoms with Crippen molar-refractivity contribution < 1.29 is 18.6 Å². The summed E-state index contributed by atoms with van der Waals surface area (Å²) in [5.74, 6) is 3.68. The first-order chi connectivity index (χ1) is 12.9. The Morgan fingerprint density at radius 1 is 1.07 bits per heavy atom. The third-order valence-corrected chi connectivity index (χ3v) is 4.83. The Bertz CT molecular complexity index is 757. The molecule has 1 aromatic heterocycles. The molecule has 2 heterocycles. The van der Waals surface area contributed by atoms with Gasteiger partial charge < -0.3 is 18.6 Å². The van der Waals surface area contributed by atoms with E-state index < -0.39 is 0 Å². The normalized spacial score (nSPS) is 17.9. The van der Waals surface area contributed by atoms with E-state index in [9.17, 15) is 0 Å². The summed E-state index contributed by atoms with van der Waals surface area (Å²) in [6.45, 7) is 8.91. The van der Waals surface area contributed by atoms with E-state index in [1.807, 2.05) is 12.1 Å². The highest BCUT2D eigenvalue weighted by Crippen LogP contribution is 2.39. The number of methoxy groups -OCH3 is 3. The average Bonchev–Trinajstić information content (AvgIpc) is 3.29. The van der Waals surface area contributed by atoms with Gasteiger partial charge in [0.25, 0.3) is 0 Å². The minimum atomic E-state index is -0.125. The van der Waals surface area contributed by atoms with Crippen LogP contribution in [0.5, 0.6) is 17.2 Å². The molecule has 0 aliphatic carbocycles. The molecule has 0 unspecified atom stereocenters. The van der Waals surface area contributed by atoms with Gasteiger partial charge in [-0.1, -0.05) is 20.8 Å². The molecule has 7 nitrogen and oxygen atoms in total. The fraction of sp³-hybridized carbons (Fsp3) is 0.600. The van der Waals surface area contributed by atoms with Gasteiger partial charge in [0, 0.05) is 18.5 Å². The van der Waals surface area contributed by atoms with Gasteiger partial charge in [-0.15, -0.1) is 10.2 Å². The average molecular weight is 375 g/mol. The molecule has 0 bridgehead atoms. The molecule has 148 valence electrons. The summed E-state index contributed by atoms with van der Waals surface area (Å²) in [4.78, 5) is 2.38. The predicted molar refractivity (Wildman–Crippen MR) is 102 cm³/mol. The predicted octanol–water partition coefficient (Wildman–Crippen LogP) is 3.38. The summed E-state index contributed by atoms with van der Waals surface area (Å²) >= 11 is 0. The standard InChI is InChI=1S/C20H29N3O4/c1-20(2,3)19-22-21-18(27-19)14-7-8-23(12-14)11-13-9-15(24-4)17(26-6)16(10-13)25-5/h9-10,14H,7-8,11-12H2,1-6H3/t14-/m0/s1. The quantitative estimate of drug-likeness (QED) is 0.766. The van der Waals surface area contributed by atoms with Crippen molar-refractivity contribution >= 4 is 0 Å². The number of hydrogen-bond acceptors (Lipinski definition) is 7. The lowest BCUT2D eigenvalue weighted by Crippen LogP contribution is -2.20. The van der Waals surface area contributed by atoms with E-state index in [1.165, 1.54) is 0 Å². The highest BCUT2D eigenvalue weighted by Gasteiger charge is 2.30. The lowest BCUT2D eigenvalue weighted by molar-refractivity contribution is 0.306. The van der Waals surface area contributed by atoms with Crippen LogP contribution in [0.15, 0.2) is 16.5 Å². The van der Waals surface area contributed by atoms with Crippen molar-refractivity contribution in [2.24, 2.45) is 0 Å². The van der Waals surface area contributed by atoms with E-state index >= 15 is 0 Å². The Morgan fingerprint density at radius 3 is 2.26 bits per heavy atom. The number of aromatic nitrogens is 2. The summed E-state index contributed by atoms with van der Waals surface area (Å²) in [6, 6.07) is 4.00. The molecular weight excluding hydrogens is 346 g/mol. The van der Waals surface area contributed by atoms with Crippen LogP contribution in [0.3, 0.4) is 0 Å². The summed E-state index contributed by atoms with van der Waals surface area (Å²) < 4.78 is 22.2. The van der Waals surface area contributed by atoms with Gasteiger partial charge in [0.05, 0.1) is 27.2 Å². The van der Waals surface area contributed by atoms with E-state index in [4.69, 9.17) is 18.6 Å². The molecule has 1 atom stereocenters.